The quantitative estimate of drug-likeness (QED) is 0.609. The summed E-state index contributed by atoms with van der Waals surface area (Å²) in [5.74, 6) is 0.113. The molecule has 2 atom stereocenters. The van der Waals surface area contributed by atoms with Crippen LogP contribution in [-0.4, -0.2) is 25.9 Å². The van der Waals surface area contributed by atoms with E-state index in [0.29, 0.717) is 13.2 Å². The van der Waals surface area contributed by atoms with Crippen molar-refractivity contribution in [3.8, 4) is 6.07 Å². The minimum Gasteiger partial charge on any atom is -0.379 e. The highest BCUT2D eigenvalue weighted by Crippen LogP contribution is 2.27. The zero-order valence-electron chi connectivity index (χ0n) is 8.16. The van der Waals surface area contributed by atoms with Crippen LogP contribution in [-0.2, 0) is 9.47 Å². The summed E-state index contributed by atoms with van der Waals surface area (Å²) in [5, 5.41) is 8.78. The summed E-state index contributed by atoms with van der Waals surface area (Å²) in [5.41, 5.74) is 0. The van der Waals surface area contributed by atoms with Gasteiger partial charge in [0.1, 0.15) is 0 Å². The van der Waals surface area contributed by atoms with Gasteiger partial charge in [0.25, 0.3) is 0 Å². The van der Waals surface area contributed by atoms with Gasteiger partial charge in [0.05, 0.1) is 31.3 Å². The SMILES string of the molecule is CCOCCOC1CCCC1C#N. The zero-order valence-corrected chi connectivity index (χ0v) is 8.16. The zero-order chi connectivity index (χ0) is 9.52. The summed E-state index contributed by atoms with van der Waals surface area (Å²) in [6, 6.07) is 2.29. The van der Waals surface area contributed by atoms with Gasteiger partial charge in [-0.1, -0.05) is 0 Å². The van der Waals surface area contributed by atoms with E-state index in [-0.39, 0.29) is 12.0 Å². The molecule has 0 bridgehead atoms. The van der Waals surface area contributed by atoms with Gasteiger partial charge in [-0.2, -0.15) is 5.26 Å². The van der Waals surface area contributed by atoms with E-state index in [9.17, 15) is 0 Å². The van der Waals surface area contributed by atoms with Crippen molar-refractivity contribution < 1.29 is 9.47 Å². The Bertz CT molecular complexity index is 176. The molecule has 1 rings (SSSR count). The number of hydrogen-bond acceptors (Lipinski definition) is 3. The molecular weight excluding hydrogens is 166 g/mol. The molecule has 1 saturated carbocycles. The second-order valence-electron chi connectivity index (χ2n) is 3.27. The first-order chi connectivity index (χ1) is 6.38. The van der Waals surface area contributed by atoms with E-state index in [4.69, 9.17) is 14.7 Å². The first kappa shape index (κ1) is 10.5. The molecule has 0 N–H and O–H groups in total. The van der Waals surface area contributed by atoms with Gasteiger partial charge in [-0.05, 0) is 26.2 Å². The second kappa shape index (κ2) is 5.95. The van der Waals surface area contributed by atoms with Crippen molar-refractivity contribution in [2.75, 3.05) is 19.8 Å². The fourth-order valence-corrected chi connectivity index (χ4v) is 1.68. The molecule has 3 nitrogen and oxygen atoms in total. The van der Waals surface area contributed by atoms with Crippen molar-refractivity contribution in [2.45, 2.75) is 32.3 Å². The van der Waals surface area contributed by atoms with E-state index in [1.54, 1.807) is 0 Å². The van der Waals surface area contributed by atoms with E-state index >= 15 is 0 Å². The number of nitriles is 1. The number of nitrogens with zero attached hydrogens (tertiary/aromatic N) is 1. The molecule has 13 heavy (non-hydrogen) atoms. The van der Waals surface area contributed by atoms with Crippen molar-refractivity contribution in [3.63, 3.8) is 0 Å². The molecule has 3 heteroatoms. The van der Waals surface area contributed by atoms with Crippen LogP contribution in [0.15, 0.2) is 0 Å². The Morgan fingerprint density at radius 1 is 1.38 bits per heavy atom. The summed E-state index contributed by atoms with van der Waals surface area (Å²) in [6.07, 6.45) is 3.31. The predicted octanol–water partition coefficient (Wildman–Crippen LogP) is 1.73. The number of ether oxygens (including phenoxy) is 2. The van der Waals surface area contributed by atoms with Gasteiger partial charge in [0.15, 0.2) is 0 Å². The molecule has 0 heterocycles. The van der Waals surface area contributed by atoms with Crippen molar-refractivity contribution in [3.05, 3.63) is 0 Å². The molecule has 74 valence electrons. The molecule has 2 unspecified atom stereocenters. The van der Waals surface area contributed by atoms with E-state index in [0.717, 1.165) is 25.9 Å². The maximum atomic E-state index is 8.78. The molecule has 0 radical (unpaired) electrons. The molecular formula is C10H17NO2. The Hall–Kier alpha value is -0.590. The fourth-order valence-electron chi connectivity index (χ4n) is 1.68. The summed E-state index contributed by atoms with van der Waals surface area (Å²) in [7, 11) is 0. The van der Waals surface area contributed by atoms with Crippen LogP contribution in [0.25, 0.3) is 0 Å². The van der Waals surface area contributed by atoms with Gasteiger partial charge in [-0.25, -0.2) is 0 Å². The Morgan fingerprint density at radius 2 is 2.23 bits per heavy atom. The minimum absolute atomic E-state index is 0.113. The maximum absolute atomic E-state index is 8.78. The van der Waals surface area contributed by atoms with Gasteiger partial charge in [0.2, 0.25) is 0 Å². The largest absolute Gasteiger partial charge is 0.379 e. The van der Waals surface area contributed by atoms with Crippen LogP contribution in [0.1, 0.15) is 26.2 Å². The Kier molecular flexibility index (Phi) is 4.81. The Balaban J connectivity index is 2.10. The highest BCUT2D eigenvalue weighted by molar-refractivity contribution is 4.93. The van der Waals surface area contributed by atoms with Crippen molar-refractivity contribution in [2.24, 2.45) is 5.92 Å². The standard InChI is InChI=1S/C10H17NO2/c1-2-12-6-7-13-10-5-3-4-9(10)8-11/h9-10H,2-7H2,1H3. The third-order valence-corrected chi connectivity index (χ3v) is 2.38. The molecule has 0 aromatic carbocycles. The molecule has 0 aliphatic heterocycles. The average molecular weight is 183 g/mol. The Labute approximate surface area is 79.6 Å². The lowest BCUT2D eigenvalue weighted by Crippen LogP contribution is -2.19. The van der Waals surface area contributed by atoms with Gasteiger partial charge in [-0.3, -0.25) is 0 Å². The van der Waals surface area contributed by atoms with E-state index in [1.165, 1.54) is 0 Å². The second-order valence-corrected chi connectivity index (χ2v) is 3.27. The molecule has 0 amide bonds. The summed E-state index contributed by atoms with van der Waals surface area (Å²) in [6.45, 7) is 3.96. The maximum Gasteiger partial charge on any atom is 0.0734 e. The first-order valence-corrected chi connectivity index (χ1v) is 4.97. The van der Waals surface area contributed by atoms with E-state index in [1.807, 2.05) is 6.92 Å². The van der Waals surface area contributed by atoms with Gasteiger partial charge < -0.3 is 9.47 Å². The minimum atomic E-state index is 0.113. The van der Waals surface area contributed by atoms with Gasteiger partial charge >= 0.3 is 0 Å². The van der Waals surface area contributed by atoms with Gasteiger partial charge in [-0.15, -0.1) is 0 Å². The Morgan fingerprint density at radius 3 is 2.92 bits per heavy atom. The first-order valence-electron chi connectivity index (χ1n) is 4.97. The average Bonchev–Trinajstić information content (AvgIpc) is 2.60. The molecule has 0 spiro atoms. The monoisotopic (exact) mass is 183 g/mol. The van der Waals surface area contributed by atoms with Crippen LogP contribution in [0, 0.1) is 17.2 Å². The smallest absolute Gasteiger partial charge is 0.0734 e. The predicted molar refractivity (Wildman–Crippen MR) is 49.2 cm³/mol. The van der Waals surface area contributed by atoms with Crippen LogP contribution in [0.3, 0.4) is 0 Å². The van der Waals surface area contributed by atoms with E-state index < -0.39 is 0 Å². The lowest BCUT2D eigenvalue weighted by atomic mass is 10.1. The lowest BCUT2D eigenvalue weighted by Gasteiger charge is -2.14. The molecule has 1 aliphatic carbocycles. The summed E-state index contributed by atoms with van der Waals surface area (Å²) in [4.78, 5) is 0. The normalized spacial score (nSPS) is 27.4. The van der Waals surface area contributed by atoms with Gasteiger partial charge in [0, 0.05) is 6.61 Å². The van der Waals surface area contributed by atoms with Crippen molar-refractivity contribution in [1.82, 2.24) is 0 Å². The summed E-state index contributed by atoms with van der Waals surface area (Å²) < 4.78 is 10.7. The molecule has 1 fully saturated rings. The van der Waals surface area contributed by atoms with Crippen LogP contribution >= 0.6 is 0 Å². The van der Waals surface area contributed by atoms with Crippen molar-refractivity contribution >= 4 is 0 Å². The third kappa shape index (κ3) is 3.33. The molecule has 1 aliphatic rings. The van der Waals surface area contributed by atoms with Crippen LogP contribution in [0.4, 0.5) is 0 Å². The van der Waals surface area contributed by atoms with Crippen LogP contribution in [0.2, 0.25) is 0 Å². The lowest BCUT2D eigenvalue weighted by molar-refractivity contribution is 0.00000446. The van der Waals surface area contributed by atoms with Crippen LogP contribution < -0.4 is 0 Å². The molecule has 0 aromatic rings. The topological polar surface area (TPSA) is 42.2 Å². The van der Waals surface area contributed by atoms with Crippen molar-refractivity contribution in [1.29, 1.82) is 5.26 Å². The molecule has 0 aromatic heterocycles. The fraction of sp³-hybridized carbons (Fsp3) is 0.900. The summed E-state index contributed by atoms with van der Waals surface area (Å²) >= 11 is 0. The number of hydrogen-bond donors (Lipinski definition) is 0. The third-order valence-electron chi connectivity index (χ3n) is 2.38. The highest BCUT2D eigenvalue weighted by atomic mass is 16.5. The highest BCUT2D eigenvalue weighted by Gasteiger charge is 2.27. The van der Waals surface area contributed by atoms with E-state index in [2.05, 4.69) is 6.07 Å². The number of rotatable bonds is 5. The molecule has 0 saturated heterocycles. The van der Waals surface area contributed by atoms with Crippen LogP contribution in [0.5, 0.6) is 0 Å².